The Labute approximate surface area is 57.0 Å². The predicted octanol–water partition coefficient (Wildman–Crippen LogP) is 0.428. The van der Waals surface area contributed by atoms with Crippen molar-refractivity contribution in [2.45, 2.75) is 32.4 Å². The van der Waals surface area contributed by atoms with Gasteiger partial charge < -0.3 is 5.73 Å². The molecule has 2 unspecified atom stereocenters. The summed E-state index contributed by atoms with van der Waals surface area (Å²) in [5, 5.41) is 0. The van der Waals surface area contributed by atoms with Gasteiger partial charge >= 0.3 is 0 Å². The van der Waals surface area contributed by atoms with Gasteiger partial charge in [0.2, 0.25) is 0 Å². The molecule has 2 heteroatoms. The van der Waals surface area contributed by atoms with E-state index >= 15 is 0 Å². The molecule has 1 aliphatic heterocycles. The summed E-state index contributed by atoms with van der Waals surface area (Å²) in [5.41, 5.74) is 5.80. The zero-order valence-electron chi connectivity index (χ0n) is 6.30. The fourth-order valence-corrected chi connectivity index (χ4v) is 1.48. The van der Waals surface area contributed by atoms with E-state index in [0.717, 1.165) is 6.54 Å². The summed E-state index contributed by atoms with van der Waals surface area (Å²) in [4.78, 5) is 2.42. The Morgan fingerprint density at radius 2 is 2.33 bits per heavy atom. The summed E-state index contributed by atoms with van der Waals surface area (Å²) in [6.07, 6.45) is 1.18. The molecule has 0 aromatic heterocycles. The number of nitrogens with two attached hydrogens (primary N) is 1. The van der Waals surface area contributed by atoms with Crippen molar-refractivity contribution in [2.75, 3.05) is 13.1 Å². The van der Waals surface area contributed by atoms with Crippen molar-refractivity contribution in [3.05, 3.63) is 0 Å². The molecule has 1 rings (SSSR count). The quantitative estimate of drug-likeness (QED) is 0.555. The van der Waals surface area contributed by atoms with Gasteiger partial charge in [0, 0.05) is 12.1 Å². The van der Waals surface area contributed by atoms with Crippen molar-refractivity contribution < 1.29 is 0 Å². The average molecular weight is 128 g/mol. The van der Waals surface area contributed by atoms with Gasteiger partial charge in [0.15, 0.2) is 0 Å². The number of nitrogens with zero attached hydrogens (tertiary/aromatic N) is 1. The molecule has 0 radical (unpaired) electrons. The molecule has 2 nitrogen and oxygen atoms in total. The third-order valence-electron chi connectivity index (χ3n) is 2.35. The van der Waals surface area contributed by atoms with Crippen molar-refractivity contribution in [3.63, 3.8) is 0 Å². The zero-order chi connectivity index (χ0) is 6.85. The smallest absolute Gasteiger partial charge is 0.0219 e. The average Bonchev–Trinajstić information content (AvgIpc) is 2.15. The van der Waals surface area contributed by atoms with Gasteiger partial charge in [0.05, 0.1) is 0 Å². The fourth-order valence-electron chi connectivity index (χ4n) is 1.48. The van der Waals surface area contributed by atoms with Crippen LogP contribution < -0.4 is 5.73 Å². The second kappa shape index (κ2) is 2.67. The van der Waals surface area contributed by atoms with Crippen molar-refractivity contribution in [2.24, 2.45) is 5.73 Å². The Kier molecular flexibility index (Phi) is 2.09. The van der Waals surface area contributed by atoms with Gasteiger partial charge in [-0.25, -0.2) is 0 Å². The van der Waals surface area contributed by atoms with Gasteiger partial charge in [0.25, 0.3) is 0 Å². The van der Waals surface area contributed by atoms with Crippen molar-refractivity contribution in [3.8, 4) is 0 Å². The van der Waals surface area contributed by atoms with Crippen LogP contribution in [0.2, 0.25) is 0 Å². The maximum atomic E-state index is 5.80. The third kappa shape index (κ3) is 1.25. The molecule has 0 aliphatic carbocycles. The molecule has 0 bridgehead atoms. The monoisotopic (exact) mass is 128 g/mol. The number of likely N-dealkylation sites (tertiary alicyclic amines) is 1. The van der Waals surface area contributed by atoms with E-state index in [-0.39, 0.29) is 0 Å². The van der Waals surface area contributed by atoms with Crippen LogP contribution in [0.25, 0.3) is 0 Å². The van der Waals surface area contributed by atoms with Crippen LogP contribution in [0.5, 0.6) is 0 Å². The predicted molar refractivity (Wildman–Crippen MR) is 39.3 cm³/mol. The molecule has 0 amide bonds. The van der Waals surface area contributed by atoms with Crippen LogP contribution in [0.15, 0.2) is 0 Å². The molecule has 1 fully saturated rings. The molecule has 1 saturated heterocycles. The largest absolute Gasteiger partial charge is 0.326 e. The van der Waals surface area contributed by atoms with Crippen LogP contribution in [0.4, 0.5) is 0 Å². The molecular weight excluding hydrogens is 112 g/mol. The maximum Gasteiger partial charge on any atom is 0.0219 e. The topological polar surface area (TPSA) is 29.3 Å². The van der Waals surface area contributed by atoms with Crippen LogP contribution in [0, 0.1) is 0 Å². The summed E-state index contributed by atoms with van der Waals surface area (Å²) in [6.45, 7) is 6.74. The summed E-state index contributed by atoms with van der Waals surface area (Å²) in [7, 11) is 0. The van der Waals surface area contributed by atoms with Gasteiger partial charge in [-0.05, 0) is 26.4 Å². The lowest BCUT2D eigenvalue weighted by molar-refractivity contribution is 0.274. The van der Waals surface area contributed by atoms with E-state index in [1.54, 1.807) is 0 Å². The van der Waals surface area contributed by atoms with E-state index in [1.165, 1.54) is 13.0 Å². The van der Waals surface area contributed by atoms with Crippen LogP contribution >= 0.6 is 0 Å². The summed E-state index contributed by atoms with van der Waals surface area (Å²) < 4.78 is 0. The Balaban J connectivity index is 2.41. The lowest BCUT2D eigenvalue weighted by Crippen LogP contribution is -2.36. The molecule has 9 heavy (non-hydrogen) atoms. The van der Waals surface area contributed by atoms with Crippen LogP contribution in [0.1, 0.15) is 20.3 Å². The maximum absolute atomic E-state index is 5.80. The molecule has 1 aliphatic rings. The van der Waals surface area contributed by atoms with E-state index < -0.39 is 0 Å². The minimum atomic E-state index is 0.421. The normalized spacial score (nSPS) is 37.7. The minimum Gasteiger partial charge on any atom is -0.326 e. The van der Waals surface area contributed by atoms with Gasteiger partial charge in [-0.3, -0.25) is 4.90 Å². The molecule has 54 valence electrons. The summed E-state index contributed by atoms with van der Waals surface area (Å²) in [5.74, 6) is 0. The molecule has 0 aromatic carbocycles. The molecule has 0 aromatic rings. The molecule has 2 N–H and O–H groups in total. The van der Waals surface area contributed by atoms with E-state index in [2.05, 4.69) is 18.7 Å². The van der Waals surface area contributed by atoms with E-state index in [1.807, 2.05) is 0 Å². The zero-order valence-corrected chi connectivity index (χ0v) is 6.30. The number of hydrogen-bond donors (Lipinski definition) is 1. The van der Waals surface area contributed by atoms with Crippen molar-refractivity contribution >= 4 is 0 Å². The Morgan fingerprint density at radius 1 is 1.67 bits per heavy atom. The molecule has 0 spiro atoms. The second-order valence-electron chi connectivity index (χ2n) is 2.82. The van der Waals surface area contributed by atoms with Gasteiger partial charge in [-0.2, -0.15) is 0 Å². The van der Waals surface area contributed by atoms with Crippen LogP contribution in [-0.4, -0.2) is 30.1 Å². The first-order chi connectivity index (χ1) is 4.25. The highest BCUT2D eigenvalue weighted by molar-refractivity contribution is 4.85. The summed E-state index contributed by atoms with van der Waals surface area (Å²) in [6, 6.07) is 1.03. The molecule has 2 atom stereocenters. The van der Waals surface area contributed by atoms with Crippen LogP contribution in [0.3, 0.4) is 0 Å². The first-order valence-electron chi connectivity index (χ1n) is 3.75. The van der Waals surface area contributed by atoms with E-state index in [9.17, 15) is 0 Å². The first kappa shape index (κ1) is 7.03. The SMILES string of the molecule is CCN1CCC(N)C1C. The lowest BCUT2D eigenvalue weighted by Gasteiger charge is -2.20. The molecule has 0 saturated carbocycles. The third-order valence-corrected chi connectivity index (χ3v) is 2.35. The van der Waals surface area contributed by atoms with Crippen molar-refractivity contribution in [1.82, 2.24) is 4.90 Å². The number of hydrogen-bond acceptors (Lipinski definition) is 2. The Bertz CT molecular complexity index is 92.9. The first-order valence-corrected chi connectivity index (χ1v) is 3.75. The standard InChI is InChI=1S/C7H16N2/c1-3-9-5-4-7(8)6(9)2/h6-7H,3-5,8H2,1-2H3. The molecule has 1 heterocycles. The molecular formula is C7H16N2. The van der Waals surface area contributed by atoms with Crippen LogP contribution in [-0.2, 0) is 0 Å². The van der Waals surface area contributed by atoms with Gasteiger partial charge in [-0.15, -0.1) is 0 Å². The highest BCUT2D eigenvalue weighted by Crippen LogP contribution is 2.14. The lowest BCUT2D eigenvalue weighted by atomic mass is 10.2. The summed E-state index contributed by atoms with van der Waals surface area (Å²) >= 11 is 0. The minimum absolute atomic E-state index is 0.421. The fraction of sp³-hybridized carbons (Fsp3) is 1.00. The van der Waals surface area contributed by atoms with Gasteiger partial charge in [0.1, 0.15) is 0 Å². The number of rotatable bonds is 1. The highest BCUT2D eigenvalue weighted by Gasteiger charge is 2.25. The Morgan fingerprint density at radius 3 is 2.56 bits per heavy atom. The van der Waals surface area contributed by atoms with E-state index in [0.29, 0.717) is 12.1 Å². The Hall–Kier alpha value is -0.0800. The number of likely N-dealkylation sites (N-methyl/N-ethyl adjacent to an activating group) is 1. The second-order valence-corrected chi connectivity index (χ2v) is 2.82. The van der Waals surface area contributed by atoms with Gasteiger partial charge in [-0.1, -0.05) is 6.92 Å². The highest BCUT2D eigenvalue weighted by atomic mass is 15.2. The van der Waals surface area contributed by atoms with E-state index in [4.69, 9.17) is 5.73 Å². The van der Waals surface area contributed by atoms with Crippen molar-refractivity contribution in [1.29, 1.82) is 0 Å².